The number of anilines is 1. The fraction of sp³-hybridized carbons (Fsp3) is 0.333. The van der Waals surface area contributed by atoms with Crippen LogP contribution < -0.4 is 5.32 Å². The topological polar surface area (TPSA) is 32.3 Å². The zero-order valence-electron chi connectivity index (χ0n) is 6.76. The molecule has 0 heterocycles. The average Bonchev–Trinajstić information content (AvgIpc) is 2.15. The zero-order valence-corrected chi connectivity index (χ0v) is 8.34. The first-order chi connectivity index (χ1) is 5.86. The third kappa shape index (κ3) is 2.83. The van der Waals surface area contributed by atoms with Gasteiger partial charge < -0.3 is 10.4 Å². The highest BCUT2D eigenvalue weighted by atomic mass is 79.9. The molecule has 1 rings (SSSR count). The molecule has 0 amide bonds. The summed E-state index contributed by atoms with van der Waals surface area (Å²) in [6.07, 6.45) is 0. The van der Waals surface area contributed by atoms with Crippen molar-refractivity contribution in [1.29, 1.82) is 0 Å². The lowest BCUT2D eigenvalue weighted by Gasteiger charge is -2.04. The monoisotopic (exact) mass is 229 g/mol. The summed E-state index contributed by atoms with van der Waals surface area (Å²) in [7, 11) is 0. The van der Waals surface area contributed by atoms with Gasteiger partial charge in [0.2, 0.25) is 0 Å². The van der Waals surface area contributed by atoms with Crippen LogP contribution in [0.3, 0.4) is 0 Å². The Labute approximate surface area is 80.7 Å². The molecule has 0 spiro atoms. The highest BCUT2D eigenvalue weighted by Gasteiger charge is 1.92. The molecule has 0 bridgehead atoms. The molecule has 3 heteroatoms. The highest BCUT2D eigenvalue weighted by molar-refractivity contribution is 9.08. The lowest BCUT2D eigenvalue weighted by molar-refractivity contribution is 0.311. The van der Waals surface area contributed by atoms with Crippen LogP contribution in [-0.2, 0) is 5.33 Å². The zero-order chi connectivity index (χ0) is 8.81. The fourth-order valence-corrected chi connectivity index (χ4v) is 1.31. The molecule has 0 fully saturated rings. The minimum Gasteiger partial charge on any atom is -0.395 e. The number of nitrogens with one attached hydrogen (secondary N) is 1. The number of halogens is 1. The summed E-state index contributed by atoms with van der Waals surface area (Å²) < 4.78 is 0. The Morgan fingerprint density at radius 3 is 2.92 bits per heavy atom. The standard InChI is InChI=1S/C9H12BrNO/c10-7-8-2-1-3-9(6-8)11-4-5-12/h1-3,6,11-12H,4-5,7H2. The summed E-state index contributed by atoms with van der Waals surface area (Å²) in [6, 6.07) is 8.10. The van der Waals surface area contributed by atoms with Crippen molar-refractivity contribution in [2.75, 3.05) is 18.5 Å². The van der Waals surface area contributed by atoms with Crippen molar-refractivity contribution < 1.29 is 5.11 Å². The third-order valence-electron chi connectivity index (χ3n) is 1.52. The third-order valence-corrected chi connectivity index (χ3v) is 2.17. The Kier molecular flexibility index (Phi) is 4.11. The first-order valence-corrected chi connectivity index (χ1v) is 4.98. The first-order valence-electron chi connectivity index (χ1n) is 3.86. The van der Waals surface area contributed by atoms with E-state index in [9.17, 15) is 0 Å². The van der Waals surface area contributed by atoms with Crippen LogP contribution >= 0.6 is 15.9 Å². The Hall–Kier alpha value is -0.540. The molecule has 0 aliphatic rings. The van der Waals surface area contributed by atoms with Gasteiger partial charge in [-0.2, -0.15) is 0 Å². The van der Waals surface area contributed by atoms with Gasteiger partial charge in [-0.05, 0) is 17.7 Å². The van der Waals surface area contributed by atoms with E-state index in [1.807, 2.05) is 12.1 Å². The van der Waals surface area contributed by atoms with Crippen LogP contribution in [-0.4, -0.2) is 18.3 Å². The van der Waals surface area contributed by atoms with Crippen LogP contribution in [0, 0.1) is 0 Å². The van der Waals surface area contributed by atoms with Gasteiger partial charge in [-0.1, -0.05) is 28.1 Å². The van der Waals surface area contributed by atoms with Crippen LogP contribution in [0.4, 0.5) is 5.69 Å². The molecule has 0 aromatic heterocycles. The van der Waals surface area contributed by atoms with Crippen molar-refractivity contribution in [3.05, 3.63) is 29.8 Å². The molecule has 0 saturated carbocycles. The van der Waals surface area contributed by atoms with E-state index >= 15 is 0 Å². The minimum atomic E-state index is 0.165. The molecular weight excluding hydrogens is 218 g/mol. The van der Waals surface area contributed by atoms with Crippen molar-refractivity contribution in [3.63, 3.8) is 0 Å². The highest BCUT2D eigenvalue weighted by Crippen LogP contribution is 2.12. The second-order valence-electron chi connectivity index (χ2n) is 2.48. The minimum absolute atomic E-state index is 0.165. The van der Waals surface area contributed by atoms with E-state index in [0.29, 0.717) is 6.54 Å². The molecule has 0 radical (unpaired) electrons. The van der Waals surface area contributed by atoms with Gasteiger partial charge in [0, 0.05) is 17.6 Å². The summed E-state index contributed by atoms with van der Waals surface area (Å²) in [5, 5.41) is 12.5. The maximum absolute atomic E-state index is 8.58. The number of hydrogen-bond donors (Lipinski definition) is 2. The van der Waals surface area contributed by atoms with Gasteiger partial charge in [-0.3, -0.25) is 0 Å². The first kappa shape index (κ1) is 9.55. The van der Waals surface area contributed by atoms with Crippen molar-refractivity contribution in [2.24, 2.45) is 0 Å². The predicted octanol–water partition coefficient (Wildman–Crippen LogP) is 1.99. The van der Waals surface area contributed by atoms with E-state index in [0.717, 1.165) is 11.0 Å². The van der Waals surface area contributed by atoms with E-state index < -0.39 is 0 Å². The van der Waals surface area contributed by atoms with Gasteiger partial charge in [-0.25, -0.2) is 0 Å². The number of hydrogen-bond acceptors (Lipinski definition) is 2. The Bertz CT molecular complexity index is 240. The fourth-order valence-electron chi connectivity index (χ4n) is 0.965. The smallest absolute Gasteiger partial charge is 0.0604 e. The van der Waals surface area contributed by atoms with E-state index in [1.165, 1.54) is 5.56 Å². The quantitative estimate of drug-likeness (QED) is 0.775. The Balaban J connectivity index is 2.60. The summed E-state index contributed by atoms with van der Waals surface area (Å²) in [4.78, 5) is 0. The Morgan fingerprint density at radius 1 is 1.42 bits per heavy atom. The van der Waals surface area contributed by atoms with Gasteiger partial charge in [0.1, 0.15) is 0 Å². The van der Waals surface area contributed by atoms with Crippen molar-refractivity contribution in [1.82, 2.24) is 0 Å². The summed E-state index contributed by atoms with van der Waals surface area (Å²) in [5.41, 5.74) is 2.29. The maximum atomic E-state index is 8.58. The number of aliphatic hydroxyl groups excluding tert-OH is 1. The molecule has 0 unspecified atom stereocenters. The largest absolute Gasteiger partial charge is 0.395 e. The summed E-state index contributed by atoms with van der Waals surface area (Å²) >= 11 is 3.38. The van der Waals surface area contributed by atoms with Crippen LogP contribution in [0.25, 0.3) is 0 Å². The van der Waals surface area contributed by atoms with Crippen LogP contribution in [0.2, 0.25) is 0 Å². The van der Waals surface area contributed by atoms with Gasteiger partial charge in [-0.15, -0.1) is 0 Å². The second kappa shape index (κ2) is 5.17. The molecule has 1 aromatic rings. The number of aliphatic hydroxyl groups is 1. The molecule has 0 atom stereocenters. The van der Waals surface area contributed by atoms with E-state index in [4.69, 9.17) is 5.11 Å². The second-order valence-corrected chi connectivity index (χ2v) is 3.05. The number of alkyl halides is 1. The SMILES string of the molecule is OCCNc1cccc(CBr)c1. The maximum Gasteiger partial charge on any atom is 0.0604 e. The lowest BCUT2D eigenvalue weighted by Crippen LogP contribution is -2.05. The van der Waals surface area contributed by atoms with Crippen LogP contribution in [0.5, 0.6) is 0 Å². The normalized spacial score (nSPS) is 9.83. The molecule has 1 aromatic carbocycles. The summed E-state index contributed by atoms with van der Waals surface area (Å²) in [6.45, 7) is 0.768. The van der Waals surface area contributed by atoms with Crippen molar-refractivity contribution >= 4 is 21.6 Å². The molecule has 0 aliphatic heterocycles. The molecule has 2 N–H and O–H groups in total. The Morgan fingerprint density at radius 2 is 2.25 bits per heavy atom. The number of rotatable bonds is 4. The van der Waals surface area contributed by atoms with Crippen LogP contribution in [0.15, 0.2) is 24.3 Å². The predicted molar refractivity (Wildman–Crippen MR) is 54.6 cm³/mol. The molecule has 0 aliphatic carbocycles. The lowest BCUT2D eigenvalue weighted by atomic mass is 10.2. The molecule has 0 saturated heterocycles. The van der Waals surface area contributed by atoms with Crippen molar-refractivity contribution in [3.8, 4) is 0 Å². The van der Waals surface area contributed by atoms with E-state index in [-0.39, 0.29) is 6.61 Å². The molecule has 12 heavy (non-hydrogen) atoms. The molecule has 66 valence electrons. The van der Waals surface area contributed by atoms with Gasteiger partial charge in [0.25, 0.3) is 0 Å². The van der Waals surface area contributed by atoms with Crippen LogP contribution in [0.1, 0.15) is 5.56 Å². The summed E-state index contributed by atoms with van der Waals surface area (Å²) in [5.74, 6) is 0. The average molecular weight is 230 g/mol. The molecule has 2 nitrogen and oxygen atoms in total. The van der Waals surface area contributed by atoms with Gasteiger partial charge in [0.15, 0.2) is 0 Å². The molecular formula is C9H12BrNO. The van der Waals surface area contributed by atoms with Gasteiger partial charge >= 0.3 is 0 Å². The van der Waals surface area contributed by atoms with E-state index in [2.05, 4.69) is 33.4 Å². The van der Waals surface area contributed by atoms with Crippen molar-refractivity contribution in [2.45, 2.75) is 5.33 Å². The van der Waals surface area contributed by atoms with Gasteiger partial charge in [0.05, 0.1) is 6.61 Å². The van der Waals surface area contributed by atoms with E-state index in [1.54, 1.807) is 0 Å². The number of benzene rings is 1.